The van der Waals surface area contributed by atoms with Crippen molar-refractivity contribution >= 4 is 32.5 Å². The molecule has 0 aromatic carbocycles. The first-order valence-electron chi connectivity index (χ1n) is 5.19. The van der Waals surface area contributed by atoms with Crippen LogP contribution in [0.25, 0.3) is 0 Å². The molecule has 0 unspecified atom stereocenters. The van der Waals surface area contributed by atoms with E-state index in [9.17, 15) is 13.2 Å². The van der Waals surface area contributed by atoms with Gasteiger partial charge in [0.15, 0.2) is 5.13 Å². The minimum absolute atomic E-state index is 0.215. The number of carboxylic acid groups (broad SMARTS) is 1. The van der Waals surface area contributed by atoms with Crippen molar-refractivity contribution in [2.75, 3.05) is 24.7 Å². The molecule has 1 rings (SSSR count). The predicted octanol–water partition coefficient (Wildman–Crippen LogP) is 0.501. The van der Waals surface area contributed by atoms with Gasteiger partial charge in [-0.3, -0.25) is 0 Å². The van der Waals surface area contributed by atoms with Gasteiger partial charge in [-0.1, -0.05) is 11.3 Å². The zero-order valence-electron chi connectivity index (χ0n) is 10.1. The van der Waals surface area contributed by atoms with E-state index >= 15 is 0 Å². The molecule has 0 aliphatic rings. The van der Waals surface area contributed by atoms with Gasteiger partial charge in [-0.25, -0.2) is 22.9 Å². The Hall–Kier alpha value is -1.19. The monoisotopic (exact) mass is 293 g/mol. The Bertz CT molecular complexity index is 524. The summed E-state index contributed by atoms with van der Waals surface area (Å²) in [5.74, 6) is -0.989. The zero-order chi connectivity index (χ0) is 13.8. The Morgan fingerprint density at radius 1 is 1.44 bits per heavy atom. The lowest BCUT2D eigenvalue weighted by atomic mass is 10.4. The zero-order valence-corrected chi connectivity index (χ0v) is 11.7. The highest BCUT2D eigenvalue weighted by Gasteiger charge is 2.13. The highest BCUT2D eigenvalue weighted by Crippen LogP contribution is 2.22. The minimum Gasteiger partial charge on any atom is -0.477 e. The van der Waals surface area contributed by atoms with Crippen LogP contribution in [0.2, 0.25) is 0 Å². The number of carboxylic acids is 1. The summed E-state index contributed by atoms with van der Waals surface area (Å²) in [7, 11) is -3.15. The molecule has 18 heavy (non-hydrogen) atoms. The molecule has 0 aliphatic heterocycles. The van der Waals surface area contributed by atoms with Gasteiger partial charge in [-0.05, 0) is 13.3 Å². The number of aromatic nitrogens is 1. The first-order valence-corrected chi connectivity index (χ1v) is 7.89. The second kappa shape index (κ2) is 6.12. The quantitative estimate of drug-likeness (QED) is 0.632. The lowest BCUT2D eigenvalue weighted by molar-refractivity contribution is 0.0701. The lowest BCUT2D eigenvalue weighted by Crippen LogP contribution is -2.24. The number of carbonyl (C=O) groups is 1. The second-order valence-electron chi connectivity index (χ2n) is 3.69. The smallest absolute Gasteiger partial charge is 0.347 e. The Morgan fingerprint density at radius 2 is 2.11 bits per heavy atom. The van der Waals surface area contributed by atoms with E-state index in [2.05, 4.69) is 15.0 Å². The van der Waals surface area contributed by atoms with E-state index in [0.29, 0.717) is 30.3 Å². The van der Waals surface area contributed by atoms with Crippen LogP contribution in [-0.4, -0.2) is 43.8 Å². The SMILES string of the molecule is Cc1nc(NCCCNS(C)(=O)=O)sc1C(=O)O. The van der Waals surface area contributed by atoms with Crippen LogP contribution >= 0.6 is 11.3 Å². The maximum Gasteiger partial charge on any atom is 0.347 e. The third-order valence-electron chi connectivity index (χ3n) is 1.98. The molecule has 3 N–H and O–H groups in total. The average Bonchev–Trinajstić information content (AvgIpc) is 2.57. The first-order chi connectivity index (χ1) is 8.29. The Labute approximate surface area is 109 Å². The van der Waals surface area contributed by atoms with Gasteiger partial charge in [0.05, 0.1) is 11.9 Å². The second-order valence-corrected chi connectivity index (χ2v) is 6.52. The molecule has 7 nitrogen and oxygen atoms in total. The summed E-state index contributed by atoms with van der Waals surface area (Å²) in [6.07, 6.45) is 1.69. The van der Waals surface area contributed by atoms with Crippen molar-refractivity contribution < 1.29 is 18.3 Å². The number of nitrogens with one attached hydrogen (secondary N) is 2. The van der Waals surface area contributed by atoms with E-state index in [0.717, 1.165) is 17.6 Å². The van der Waals surface area contributed by atoms with Crippen LogP contribution < -0.4 is 10.0 Å². The van der Waals surface area contributed by atoms with Gasteiger partial charge in [-0.15, -0.1) is 0 Å². The van der Waals surface area contributed by atoms with Crippen molar-refractivity contribution in [2.45, 2.75) is 13.3 Å². The fraction of sp³-hybridized carbons (Fsp3) is 0.556. The van der Waals surface area contributed by atoms with Crippen LogP contribution in [0.4, 0.5) is 5.13 Å². The molecule has 9 heteroatoms. The van der Waals surface area contributed by atoms with E-state index < -0.39 is 16.0 Å². The largest absolute Gasteiger partial charge is 0.477 e. The maximum absolute atomic E-state index is 10.8. The summed E-state index contributed by atoms with van der Waals surface area (Å²) < 4.78 is 23.9. The van der Waals surface area contributed by atoms with Gasteiger partial charge >= 0.3 is 5.97 Å². The molecule has 0 aliphatic carbocycles. The van der Waals surface area contributed by atoms with Gasteiger partial charge in [0.1, 0.15) is 4.88 Å². The molecule has 1 heterocycles. The fourth-order valence-electron chi connectivity index (χ4n) is 1.21. The third-order valence-corrected chi connectivity index (χ3v) is 3.82. The molecule has 0 bridgehead atoms. The van der Waals surface area contributed by atoms with Gasteiger partial charge in [0, 0.05) is 13.1 Å². The number of thiazole rings is 1. The van der Waals surface area contributed by atoms with Crippen LogP contribution in [0.5, 0.6) is 0 Å². The Morgan fingerprint density at radius 3 is 2.61 bits per heavy atom. The van der Waals surface area contributed by atoms with Gasteiger partial charge < -0.3 is 10.4 Å². The Kier molecular flexibility index (Phi) is 5.05. The van der Waals surface area contributed by atoms with Crippen LogP contribution in [0, 0.1) is 6.92 Å². The highest BCUT2D eigenvalue weighted by atomic mass is 32.2. The first kappa shape index (κ1) is 14.9. The summed E-state index contributed by atoms with van der Waals surface area (Å²) in [6, 6.07) is 0. The normalized spacial score (nSPS) is 11.4. The van der Waals surface area contributed by atoms with E-state index in [-0.39, 0.29) is 4.88 Å². The number of nitrogens with zero attached hydrogens (tertiary/aromatic N) is 1. The third kappa shape index (κ3) is 4.98. The van der Waals surface area contributed by atoms with Crippen molar-refractivity contribution in [1.29, 1.82) is 0 Å². The molecular formula is C9H15N3O4S2. The molecular weight excluding hydrogens is 278 g/mol. The van der Waals surface area contributed by atoms with Crippen molar-refractivity contribution in [2.24, 2.45) is 0 Å². The van der Waals surface area contributed by atoms with Gasteiger partial charge in [0.25, 0.3) is 0 Å². The minimum atomic E-state index is -3.15. The van der Waals surface area contributed by atoms with E-state index in [1.165, 1.54) is 0 Å². The van der Waals surface area contributed by atoms with Crippen molar-refractivity contribution in [3.05, 3.63) is 10.6 Å². The Balaban J connectivity index is 2.36. The van der Waals surface area contributed by atoms with Gasteiger partial charge in [-0.2, -0.15) is 0 Å². The maximum atomic E-state index is 10.8. The molecule has 0 spiro atoms. The summed E-state index contributed by atoms with van der Waals surface area (Å²) in [6.45, 7) is 2.49. The molecule has 0 saturated heterocycles. The lowest BCUT2D eigenvalue weighted by Gasteiger charge is -2.03. The molecule has 0 atom stereocenters. The van der Waals surface area contributed by atoms with Crippen LogP contribution in [0.15, 0.2) is 0 Å². The highest BCUT2D eigenvalue weighted by molar-refractivity contribution is 7.88. The summed E-state index contributed by atoms with van der Waals surface area (Å²) in [4.78, 5) is 15.1. The molecule has 0 fully saturated rings. The van der Waals surface area contributed by atoms with Crippen LogP contribution in [0.3, 0.4) is 0 Å². The van der Waals surface area contributed by atoms with E-state index in [1.807, 2.05) is 0 Å². The number of rotatable bonds is 7. The topological polar surface area (TPSA) is 108 Å². The molecule has 1 aromatic heterocycles. The predicted molar refractivity (Wildman–Crippen MR) is 69.8 cm³/mol. The van der Waals surface area contributed by atoms with Gasteiger partial charge in [0.2, 0.25) is 10.0 Å². The van der Waals surface area contributed by atoms with E-state index in [1.54, 1.807) is 6.92 Å². The summed E-state index contributed by atoms with van der Waals surface area (Å²) >= 11 is 1.07. The van der Waals surface area contributed by atoms with Crippen LogP contribution in [0.1, 0.15) is 21.8 Å². The number of anilines is 1. The number of hydrogen-bond acceptors (Lipinski definition) is 6. The standard InChI is InChI=1S/C9H15N3O4S2/c1-6-7(8(13)14)17-9(12-6)10-4-3-5-11-18(2,15)16/h11H,3-5H2,1-2H3,(H,10,12)(H,13,14). The van der Waals surface area contributed by atoms with Crippen molar-refractivity contribution in [1.82, 2.24) is 9.71 Å². The number of aryl methyl sites for hydroxylation is 1. The number of hydrogen-bond donors (Lipinski definition) is 3. The van der Waals surface area contributed by atoms with Crippen molar-refractivity contribution in [3.63, 3.8) is 0 Å². The summed E-state index contributed by atoms with van der Waals surface area (Å²) in [5.41, 5.74) is 0.476. The molecule has 0 saturated carbocycles. The number of aromatic carboxylic acids is 1. The van der Waals surface area contributed by atoms with E-state index in [4.69, 9.17) is 5.11 Å². The molecule has 0 radical (unpaired) electrons. The molecule has 0 amide bonds. The number of sulfonamides is 1. The molecule has 1 aromatic rings. The van der Waals surface area contributed by atoms with Crippen LogP contribution in [-0.2, 0) is 10.0 Å². The fourth-order valence-corrected chi connectivity index (χ4v) is 2.56. The summed E-state index contributed by atoms with van der Waals surface area (Å²) in [5, 5.41) is 12.3. The van der Waals surface area contributed by atoms with Crippen molar-refractivity contribution in [3.8, 4) is 0 Å². The molecule has 102 valence electrons. The average molecular weight is 293 g/mol.